The molecule has 0 aliphatic rings. The van der Waals surface area contributed by atoms with E-state index in [1.165, 1.54) is 18.2 Å². The molecule has 0 radical (unpaired) electrons. The lowest BCUT2D eigenvalue weighted by molar-refractivity contribution is 0.523. The van der Waals surface area contributed by atoms with Crippen molar-refractivity contribution in [2.75, 3.05) is 0 Å². The normalized spacial score (nSPS) is 12.5. The molecule has 0 fully saturated rings. The van der Waals surface area contributed by atoms with Crippen molar-refractivity contribution < 1.29 is 13.2 Å². The first-order chi connectivity index (χ1) is 9.38. The minimum absolute atomic E-state index is 0.0338. The molecule has 0 aliphatic carbocycles. The van der Waals surface area contributed by atoms with Crippen LogP contribution in [0.5, 0.6) is 0 Å². The van der Waals surface area contributed by atoms with Gasteiger partial charge in [-0.3, -0.25) is 0 Å². The Morgan fingerprint density at radius 3 is 2.30 bits per heavy atom. The van der Waals surface area contributed by atoms with Gasteiger partial charge >= 0.3 is 0 Å². The molecule has 2 aromatic rings. The summed E-state index contributed by atoms with van der Waals surface area (Å²) in [5.41, 5.74) is 5.98. The van der Waals surface area contributed by atoms with Crippen molar-refractivity contribution in [2.45, 2.75) is 12.5 Å². The van der Waals surface area contributed by atoms with E-state index in [4.69, 9.17) is 17.3 Å². The lowest BCUT2D eigenvalue weighted by atomic mass is 9.98. The highest BCUT2D eigenvalue weighted by Crippen LogP contribution is 2.28. The molecule has 106 valence electrons. The molecule has 1 atom stereocenters. The molecule has 0 amide bonds. The fourth-order valence-corrected chi connectivity index (χ4v) is 2.54. The molecular formula is C14H10BrClF3N. The highest BCUT2D eigenvalue weighted by atomic mass is 79.9. The predicted octanol–water partition coefficient (Wildman–Crippen LogP) is 4.76. The van der Waals surface area contributed by atoms with E-state index in [0.29, 0.717) is 10.6 Å². The van der Waals surface area contributed by atoms with Crippen LogP contribution in [0.25, 0.3) is 0 Å². The molecule has 0 saturated carbocycles. The van der Waals surface area contributed by atoms with Crippen molar-refractivity contribution >= 4 is 27.5 Å². The van der Waals surface area contributed by atoms with Crippen LogP contribution in [0.4, 0.5) is 13.2 Å². The molecule has 20 heavy (non-hydrogen) atoms. The summed E-state index contributed by atoms with van der Waals surface area (Å²) < 4.78 is 41.0. The van der Waals surface area contributed by atoms with Gasteiger partial charge in [0.25, 0.3) is 0 Å². The maximum absolute atomic E-state index is 13.8. The first kappa shape index (κ1) is 15.4. The fraction of sp³-hybridized carbons (Fsp3) is 0.143. The fourth-order valence-electron chi connectivity index (χ4n) is 1.95. The monoisotopic (exact) mass is 363 g/mol. The smallest absolute Gasteiger partial charge is 0.132 e. The summed E-state index contributed by atoms with van der Waals surface area (Å²) in [5, 5.41) is 0.305. The van der Waals surface area contributed by atoms with E-state index < -0.39 is 23.5 Å². The molecule has 0 bridgehead atoms. The van der Waals surface area contributed by atoms with Gasteiger partial charge in [0.2, 0.25) is 0 Å². The van der Waals surface area contributed by atoms with Gasteiger partial charge in [-0.1, -0.05) is 27.5 Å². The van der Waals surface area contributed by atoms with Gasteiger partial charge in [-0.2, -0.15) is 0 Å². The maximum atomic E-state index is 13.8. The second-order valence-electron chi connectivity index (χ2n) is 4.33. The van der Waals surface area contributed by atoms with Gasteiger partial charge in [0.1, 0.15) is 17.5 Å². The zero-order chi connectivity index (χ0) is 14.9. The summed E-state index contributed by atoms with van der Waals surface area (Å²) in [5.74, 6) is -1.98. The van der Waals surface area contributed by atoms with Crippen molar-refractivity contribution in [1.82, 2.24) is 0 Å². The summed E-state index contributed by atoms with van der Waals surface area (Å²) in [6.45, 7) is 0. The molecule has 0 aliphatic heterocycles. The van der Waals surface area contributed by atoms with E-state index in [0.717, 1.165) is 12.1 Å². The minimum Gasteiger partial charge on any atom is -0.323 e. The van der Waals surface area contributed by atoms with E-state index in [9.17, 15) is 13.2 Å². The molecule has 1 nitrogen and oxygen atoms in total. The van der Waals surface area contributed by atoms with Crippen molar-refractivity contribution in [2.24, 2.45) is 5.73 Å². The molecule has 2 N–H and O–H groups in total. The van der Waals surface area contributed by atoms with Crippen LogP contribution in [-0.2, 0) is 6.42 Å². The zero-order valence-corrected chi connectivity index (χ0v) is 12.5. The summed E-state index contributed by atoms with van der Waals surface area (Å²) in [6, 6.07) is 5.10. The van der Waals surface area contributed by atoms with Crippen LogP contribution in [0.15, 0.2) is 34.8 Å². The Kier molecular flexibility index (Phi) is 4.73. The van der Waals surface area contributed by atoms with Gasteiger partial charge in [-0.15, -0.1) is 0 Å². The van der Waals surface area contributed by atoms with Crippen molar-refractivity contribution in [3.63, 3.8) is 0 Å². The average Bonchev–Trinajstić information content (AvgIpc) is 2.32. The Labute approximate surface area is 127 Å². The van der Waals surface area contributed by atoms with Crippen LogP contribution >= 0.6 is 27.5 Å². The Bertz CT molecular complexity index is 625. The third-order valence-electron chi connectivity index (χ3n) is 2.86. The largest absolute Gasteiger partial charge is 0.323 e. The highest BCUT2D eigenvalue weighted by Gasteiger charge is 2.19. The van der Waals surface area contributed by atoms with E-state index in [1.54, 1.807) is 0 Å². The Balaban J connectivity index is 2.33. The lowest BCUT2D eigenvalue weighted by Gasteiger charge is -2.15. The van der Waals surface area contributed by atoms with Crippen LogP contribution in [0.2, 0.25) is 5.02 Å². The average molecular weight is 365 g/mol. The number of hydrogen-bond acceptors (Lipinski definition) is 1. The summed E-state index contributed by atoms with van der Waals surface area (Å²) >= 11 is 8.91. The molecule has 2 aromatic carbocycles. The molecule has 1 unspecified atom stereocenters. The van der Waals surface area contributed by atoms with Crippen LogP contribution in [-0.4, -0.2) is 0 Å². The Morgan fingerprint density at radius 2 is 1.70 bits per heavy atom. The first-order valence-corrected chi connectivity index (χ1v) is 6.89. The Morgan fingerprint density at radius 1 is 1.10 bits per heavy atom. The van der Waals surface area contributed by atoms with Gasteiger partial charge in [0.05, 0.1) is 0 Å². The number of benzene rings is 2. The Hall–Kier alpha value is -1.04. The highest BCUT2D eigenvalue weighted by molar-refractivity contribution is 9.10. The molecule has 0 spiro atoms. The summed E-state index contributed by atoms with van der Waals surface area (Å²) in [7, 11) is 0. The van der Waals surface area contributed by atoms with Crippen LogP contribution in [0.1, 0.15) is 17.2 Å². The number of halogens is 5. The van der Waals surface area contributed by atoms with Gasteiger partial charge < -0.3 is 5.73 Å². The van der Waals surface area contributed by atoms with E-state index >= 15 is 0 Å². The van der Waals surface area contributed by atoms with Gasteiger partial charge in [0, 0.05) is 21.1 Å². The van der Waals surface area contributed by atoms with Crippen molar-refractivity contribution in [3.05, 3.63) is 68.4 Å². The lowest BCUT2D eigenvalue weighted by Crippen LogP contribution is -2.17. The molecule has 6 heteroatoms. The zero-order valence-electron chi connectivity index (χ0n) is 10.1. The molecular weight excluding hydrogens is 355 g/mol. The molecule has 0 heterocycles. The second-order valence-corrected chi connectivity index (χ2v) is 5.65. The quantitative estimate of drug-likeness (QED) is 0.835. The number of hydrogen-bond donors (Lipinski definition) is 1. The van der Waals surface area contributed by atoms with Crippen LogP contribution < -0.4 is 5.73 Å². The molecule has 0 aromatic heterocycles. The number of nitrogens with two attached hydrogens (primary N) is 1. The number of rotatable bonds is 3. The van der Waals surface area contributed by atoms with E-state index in [1.807, 2.05) is 0 Å². The van der Waals surface area contributed by atoms with E-state index in [2.05, 4.69) is 15.9 Å². The predicted molar refractivity (Wildman–Crippen MR) is 76.1 cm³/mol. The minimum atomic E-state index is -0.956. The van der Waals surface area contributed by atoms with Gasteiger partial charge in [-0.25, -0.2) is 13.2 Å². The van der Waals surface area contributed by atoms with Crippen LogP contribution in [0.3, 0.4) is 0 Å². The van der Waals surface area contributed by atoms with Crippen molar-refractivity contribution in [3.8, 4) is 0 Å². The molecule has 2 rings (SSSR count). The summed E-state index contributed by atoms with van der Waals surface area (Å²) in [4.78, 5) is 0. The second kappa shape index (κ2) is 6.16. The topological polar surface area (TPSA) is 26.0 Å². The molecule has 0 saturated heterocycles. The van der Waals surface area contributed by atoms with E-state index in [-0.39, 0.29) is 16.5 Å². The van der Waals surface area contributed by atoms with Crippen molar-refractivity contribution in [1.29, 1.82) is 0 Å². The third-order valence-corrected chi connectivity index (χ3v) is 3.69. The van der Waals surface area contributed by atoms with Gasteiger partial charge in [-0.05, 0) is 42.3 Å². The van der Waals surface area contributed by atoms with Gasteiger partial charge in [0.15, 0.2) is 0 Å². The maximum Gasteiger partial charge on any atom is 0.132 e. The van der Waals surface area contributed by atoms with Crippen LogP contribution in [0, 0.1) is 17.5 Å². The SMILES string of the molecule is NC(Cc1cc(F)ccc1Cl)c1c(F)cc(Br)cc1F. The standard InChI is InChI=1S/C14H10BrClF3N/c15-8-5-11(18)14(12(19)6-8)13(20)4-7-3-9(17)1-2-10(7)16/h1-3,5-6,13H,4,20H2. The summed E-state index contributed by atoms with van der Waals surface area (Å²) in [6.07, 6.45) is 0.0338. The first-order valence-electron chi connectivity index (χ1n) is 5.72. The third kappa shape index (κ3) is 3.34.